The largest absolute Gasteiger partial charge is 0.496 e. The molecule has 2 aromatic carbocycles. The van der Waals surface area contributed by atoms with Gasteiger partial charge in [-0.15, -0.1) is 0 Å². The summed E-state index contributed by atoms with van der Waals surface area (Å²) in [4.78, 5) is 0. The van der Waals surface area contributed by atoms with Gasteiger partial charge in [-0.1, -0.05) is 31.2 Å². The maximum Gasteiger partial charge on any atom is 0.131 e. The number of benzene rings is 2. The summed E-state index contributed by atoms with van der Waals surface area (Å²) >= 11 is 0. The van der Waals surface area contributed by atoms with Crippen molar-refractivity contribution in [2.75, 3.05) is 13.7 Å². The van der Waals surface area contributed by atoms with Crippen molar-refractivity contribution in [1.29, 1.82) is 0 Å². The van der Waals surface area contributed by atoms with Gasteiger partial charge in [0.15, 0.2) is 0 Å². The molecule has 20 heavy (non-hydrogen) atoms. The van der Waals surface area contributed by atoms with Crippen LogP contribution in [-0.2, 0) is 0 Å². The second kappa shape index (κ2) is 6.48. The summed E-state index contributed by atoms with van der Waals surface area (Å²) in [6.45, 7) is 2.59. The fraction of sp³-hybridized carbons (Fsp3) is 0.250. The normalized spacial score (nSPS) is 12.2. The third-order valence-corrected chi connectivity index (χ3v) is 3.13. The Bertz CT molecular complexity index is 586. The van der Waals surface area contributed by atoms with Crippen LogP contribution in [0.5, 0.6) is 5.75 Å². The predicted molar refractivity (Wildman–Crippen MR) is 74.9 cm³/mol. The fourth-order valence-electron chi connectivity index (χ4n) is 2.23. The molecule has 0 radical (unpaired) electrons. The van der Waals surface area contributed by atoms with E-state index in [9.17, 15) is 8.78 Å². The molecule has 0 amide bonds. The molecule has 106 valence electrons. The molecule has 0 aliphatic carbocycles. The van der Waals surface area contributed by atoms with Crippen LogP contribution in [0.3, 0.4) is 0 Å². The van der Waals surface area contributed by atoms with E-state index in [4.69, 9.17) is 4.74 Å². The van der Waals surface area contributed by atoms with Crippen molar-refractivity contribution in [3.63, 3.8) is 0 Å². The van der Waals surface area contributed by atoms with Gasteiger partial charge in [-0.25, -0.2) is 8.78 Å². The molecule has 0 aliphatic rings. The van der Waals surface area contributed by atoms with Crippen molar-refractivity contribution >= 4 is 0 Å². The highest BCUT2D eigenvalue weighted by atomic mass is 19.1. The highest BCUT2D eigenvalue weighted by Crippen LogP contribution is 2.31. The molecule has 0 aliphatic heterocycles. The van der Waals surface area contributed by atoms with E-state index in [1.165, 1.54) is 12.1 Å². The Labute approximate surface area is 117 Å². The number of hydrogen-bond acceptors (Lipinski definition) is 2. The molecule has 1 N–H and O–H groups in total. The molecule has 2 rings (SSSR count). The molecule has 1 atom stereocenters. The first-order valence-electron chi connectivity index (χ1n) is 6.48. The Hall–Kier alpha value is -1.94. The van der Waals surface area contributed by atoms with Crippen LogP contribution in [0.25, 0.3) is 0 Å². The predicted octanol–water partition coefficient (Wildman–Crippen LogP) is 3.67. The van der Waals surface area contributed by atoms with E-state index >= 15 is 0 Å². The lowest BCUT2D eigenvalue weighted by atomic mass is 9.97. The van der Waals surface area contributed by atoms with Crippen molar-refractivity contribution in [3.05, 3.63) is 65.2 Å². The van der Waals surface area contributed by atoms with Gasteiger partial charge in [-0.2, -0.15) is 0 Å². The number of nitrogens with one attached hydrogen (secondary N) is 1. The molecule has 0 spiro atoms. The standard InChI is InChI=1S/C16H17F2NO/c1-3-19-16(12-9-8-11(17)10-14(12)18)13-6-4-5-7-15(13)20-2/h4-10,16,19H,3H2,1-2H3. The van der Waals surface area contributed by atoms with Gasteiger partial charge in [0.1, 0.15) is 17.4 Å². The fourth-order valence-corrected chi connectivity index (χ4v) is 2.23. The maximum absolute atomic E-state index is 14.0. The van der Waals surface area contributed by atoms with E-state index in [0.29, 0.717) is 17.9 Å². The van der Waals surface area contributed by atoms with Gasteiger partial charge in [0, 0.05) is 17.2 Å². The Morgan fingerprint density at radius 1 is 1.10 bits per heavy atom. The van der Waals surface area contributed by atoms with Crippen LogP contribution < -0.4 is 10.1 Å². The van der Waals surface area contributed by atoms with Gasteiger partial charge in [-0.3, -0.25) is 0 Å². The first-order chi connectivity index (χ1) is 9.67. The summed E-state index contributed by atoms with van der Waals surface area (Å²) in [6.07, 6.45) is 0. The van der Waals surface area contributed by atoms with Crippen LogP contribution in [0.15, 0.2) is 42.5 Å². The van der Waals surface area contributed by atoms with Gasteiger partial charge in [0.05, 0.1) is 13.2 Å². The number of rotatable bonds is 5. The smallest absolute Gasteiger partial charge is 0.131 e. The molecule has 0 heterocycles. The third kappa shape index (κ3) is 2.96. The van der Waals surface area contributed by atoms with Crippen LogP contribution in [0.2, 0.25) is 0 Å². The van der Waals surface area contributed by atoms with Crippen LogP contribution >= 0.6 is 0 Å². The van der Waals surface area contributed by atoms with E-state index in [1.54, 1.807) is 7.11 Å². The SMILES string of the molecule is CCNC(c1ccc(F)cc1F)c1ccccc1OC. The number of para-hydroxylation sites is 1. The molecule has 2 aromatic rings. The molecule has 0 saturated heterocycles. The van der Waals surface area contributed by atoms with Crippen molar-refractivity contribution in [2.24, 2.45) is 0 Å². The van der Waals surface area contributed by atoms with Crippen molar-refractivity contribution in [3.8, 4) is 5.75 Å². The van der Waals surface area contributed by atoms with E-state index in [1.807, 2.05) is 31.2 Å². The molecular formula is C16H17F2NO. The molecule has 0 bridgehead atoms. The minimum Gasteiger partial charge on any atom is -0.496 e. The first kappa shape index (κ1) is 14.5. The number of methoxy groups -OCH3 is 1. The number of halogens is 2. The average molecular weight is 277 g/mol. The van der Waals surface area contributed by atoms with E-state index < -0.39 is 11.6 Å². The van der Waals surface area contributed by atoms with Crippen LogP contribution in [0.1, 0.15) is 24.1 Å². The molecule has 0 aromatic heterocycles. The van der Waals surface area contributed by atoms with Gasteiger partial charge in [-0.05, 0) is 18.7 Å². The first-order valence-corrected chi connectivity index (χ1v) is 6.48. The third-order valence-electron chi connectivity index (χ3n) is 3.13. The minimum atomic E-state index is -0.582. The Kier molecular flexibility index (Phi) is 4.69. The molecular weight excluding hydrogens is 260 g/mol. The van der Waals surface area contributed by atoms with Crippen LogP contribution in [0, 0.1) is 11.6 Å². The van der Waals surface area contributed by atoms with Gasteiger partial charge in [0.2, 0.25) is 0 Å². The molecule has 0 saturated carbocycles. The zero-order chi connectivity index (χ0) is 14.5. The Morgan fingerprint density at radius 2 is 1.85 bits per heavy atom. The van der Waals surface area contributed by atoms with Crippen LogP contribution in [-0.4, -0.2) is 13.7 Å². The van der Waals surface area contributed by atoms with Gasteiger partial charge in [0.25, 0.3) is 0 Å². The summed E-state index contributed by atoms with van der Waals surface area (Å²) in [5, 5.41) is 3.21. The highest BCUT2D eigenvalue weighted by Gasteiger charge is 2.20. The molecule has 4 heteroatoms. The van der Waals surface area contributed by atoms with Crippen molar-refractivity contribution in [1.82, 2.24) is 5.32 Å². The zero-order valence-corrected chi connectivity index (χ0v) is 11.5. The summed E-state index contributed by atoms with van der Waals surface area (Å²) in [6, 6.07) is 10.7. The zero-order valence-electron chi connectivity index (χ0n) is 11.5. The van der Waals surface area contributed by atoms with Gasteiger partial charge >= 0.3 is 0 Å². The van der Waals surface area contributed by atoms with E-state index in [-0.39, 0.29) is 6.04 Å². The van der Waals surface area contributed by atoms with Crippen molar-refractivity contribution in [2.45, 2.75) is 13.0 Å². The number of hydrogen-bond donors (Lipinski definition) is 1. The molecule has 0 fully saturated rings. The summed E-state index contributed by atoms with van der Waals surface area (Å²) < 4.78 is 32.4. The monoisotopic (exact) mass is 277 g/mol. The minimum absolute atomic E-state index is 0.378. The topological polar surface area (TPSA) is 21.3 Å². The van der Waals surface area contributed by atoms with Crippen molar-refractivity contribution < 1.29 is 13.5 Å². The molecule has 1 unspecified atom stereocenters. The quantitative estimate of drug-likeness (QED) is 0.900. The lowest BCUT2D eigenvalue weighted by Crippen LogP contribution is -2.23. The Morgan fingerprint density at radius 3 is 2.50 bits per heavy atom. The average Bonchev–Trinajstić information content (AvgIpc) is 2.45. The maximum atomic E-state index is 14.0. The highest BCUT2D eigenvalue weighted by molar-refractivity contribution is 5.42. The number of ether oxygens (including phenoxy) is 1. The summed E-state index contributed by atoms with van der Waals surface area (Å²) in [5.74, 6) is -0.481. The summed E-state index contributed by atoms with van der Waals surface area (Å²) in [5.41, 5.74) is 1.22. The van der Waals surface area contributed by atoms with E-state index in [0.717, 1.165) is 11.6 Å². The lowest BCUT2D eigenvalue weighted by Gasteiger charge is -2.21. The second-order valence-electron chi connectivity index (χ2n) is 4.40. The lowest BCUT2D eigenvalue weighted by molar-refractivity contribution is 0.403. The second-order valence-corrected chi connectivity index (χ2v) is 4.40. The van der Waals surface area contributed by atoms with Gasteiger partial charge < -0.3 is 10.1 Å². The summed E-state index contributed by atoms with van der Waals surface area (Å²) in [7, 11) is 1.57. The van der Waals surface area contributed by atoms with E-state index in [2.05, 4.69) is 5.32 Å². The van der Waals surface area contributed by atoms with Crippen LogP contribution in [0.4, 0.5) is 8.78 Å². The molecule has 2 nitrogen and oxygen atoms in total. The Balaban J connectivity index is 2.50.